The number of nitrogens with two attached hydrogens (primary N) is 1. The van der Waals surface area contributed by atoms with Crippen molar-refractivity contribution in [1.82, 2.24) is 4.98 Å². The molecule has 10 N–H and O–H groups in total. The van der Waals surface area contributed by atoms with Crippen LogP contribution < -0.4 is 20.9 Å². The summed E-state index contributed by atoms with van der Waals surface area (Å²) in [6.07, 6.45) is -4.44. The first kappa shape index (κ1) is 24.4. The van der Waals surface area contributed by atoms with Crippen LogP contribution in [0.15, 0.2) is 6.33 Å². The normalized spacial score (nSPS) is 29.8. The van der Waals surface area contributed by atoms with Crippen LogP contribution in [0.5, 0.6) is 0 Å². The minimum absolute atomic E-state index is 0.0960. The van der Waals surface area contributed by atoms with Crippen LogP contribution in [0.2, 0.25) is 0 Å². The number of aliphatic hydroxyl groups is 2. The Bertz CT molecular complexity index is 975. The molecule has 0 radical (unpaired) electrons. The van der Waals surface area contributed by atoms with E-state index in [0.29, 0.717) is 11.5 Å². The Hall–Kier alpha value is -1.23. The summed E-state index contributed by atoms with van der Waals surface area (Å²) in [5.41, 5.74) is 6.16. The van der Waals surface area contributed by atoms with Crippen molar-refractivity contribution in [3.05, 3.63) is 6.33 Å². The molecule has 0 aliphatic carbocycles. The number of ether oxygens (including phenoxy) is 1. The van der Waals surface area contributed by atoms with Gasteiger partial charge in [-0.25, -0.2) is 23.6 Å². The Balaban J connectivity index is 1.64. The number of nitrogens with one attached hydrogen (secondary N) is 2. The maximum Gasteiger partial charge on any atom is 0.490 e. The molecule has 0 bridgehead atoms. The molecular formula is C10H19N5O13P3+. The number of aliphatic hydroxyl groups excluding tert-OH is 2. The first-order valence-corrected chi connectivity index (χ1v) is 12.7. The minimum Gasteiger partial charge on any atom is -0.387 e. The number of anilines is 3. The van der Waals surface area contributed by atoms with Gasteiger partial charge in [0.15, 0.2) is 5.69 Å². The molecular weight excluding hydrogens is 491 g/mol. The molecule has 18 nitrogen and oxygen atoms in total. The molecule has 1 saturated heterocycles. The molecule has 1 aromatic heterocycles. The van der Waals surface area contributed by atoms with E-state index < -0.39 is 54.6 Å². The molecule has 2 unspecified atom stereocenters. The van der Waals surface area contributed by atoms with Crippen molar-refractivity contribution in [2.45, 2.75) is 24.5 Å². The quantitative estimate of drug-likeness (QED) is 0.167. The Kier molecular flexibility index (Phi) is 6.78. The van der Waals surface area contributed by atoms with Gasteiger partial charge in [0.25, 0.3) is 5.82 Å². The zero-order valence-corrected chi connectivity index (χ0v) is 17.8. The summed E-state index contributed by atoms with van der Waals surface area (Å²) in [6.45, 7) is -0.826. The van der Waals surface area contributed by atoms with E-state index in [2.05, 4.69) is 28.4 Å². The van der Waals surface area contributed by atoms with Crippen molar-refractivity contribution in [3.8, 4) is 0 Å². The van der Waals surface area contributed by atoms with E-state index in [1.165, 1.54) is 11.2 Å². The Morgan fingerprint density at radius 2 is 1.87 bits per heavy atom. The summed E-state index contributed by atoms with van der Waals surface area (Å²) in [7, 11) is -16.6. The van der Waals surface area contributed by atoms with E-state index in [1.807, 2.05) is 0 Å². The smallest absolute Gasteiger partial charge is 0.387 e. The number of hydrogen-bond acceptors (Lipinski definition) is 13. The lowest BCUT2D eigenvalue weighted by Crippen LogP contribution is -2.45. The summed E-state index contributed by atoms with van der Waals surface area (Å²) in [5, 5.41) is 23.4. The van der Waals surface area contributed by atoms with Crippen LogP contribution in [-0.4, -0.2) is 72.6 Å². The molecule has 0 saturated carbocycles. The second kappa shape index (κ2) is 8.61. The van der Waals surface area contributed by atoms with Crippen LogP contribution in [0.25, 0.3) is 0 Å². The lowest BCUT2D eigenvalue weighted by atomic mass is 10.1. The fraction of sp³-hybridized carbons (Fsp3) is 0.600. The molecule has 176 valence electrons. The highest BCUT2D eigenvalue weighted by atomic mass is 31.3. The summed E-state index contributed by atoms with van der Waals surface area (Å²) >= 11 is 0. The SMILES string of the molecule is Nc1nc[nH+]c2c1NCN2[C@@H]1O[C@H](COP(=O)(O)OP(=O)(O)OP(=O)(O)O)[C@@H](O)[C@H]1O. The van der Waals surface area contributed by atoms with Crippen LogP contribution in [0.3, 0.4) is 0 Å². The van der Waals surface area contributed by atoms with E-state index in [-0.39, 0.29) is 12.5 Å². The number of fused-ring (bicyclic) bond motifs is 1. The van der Waals surface area contributed by atoms with Crippen molar-refractivity contribution in [2.24, 2.45) is 0 Å². The molecule has 3 heterocycles. The second-order valence-electron chi connectivity index (χ2n) is 6.25. The monoisotopic (exact) mass is 510 g/mol. The number of nitrogens with zero attached hydrogens (tertiary/aromatic N) is 2. The van der Waals surface area contributed by atoms with Gasteiger partial charge in [-0.3, -0.25) is 4.52 Å². The molecule has 31 heavy (non-hydrogen) atoms. The number of rotatable bonds is 8. The summed E-state index contributed by atoms with van der Waals surface area (Å²) < 4.78 is 50.8. The Labute approximate surface area is 173 Å². The average Bonchev–Trinajstić information content (AvgIpc) is 3.13. The molecule has 0 aromatic carbocycles. The number of phosphoric acid groups is 3. The van der Waals surface area contributed by atoms with Gasteiger partial charge < -0.3 is 45.6 Å². The lowest BCUT2D eigenvalue weighted by molar-refractivity contribution is -0.368. The molecule has 3 rings (SSSR count). The third kappa shape index (κ3) is 5.77. The van der Waals surface area contributed by atoms with E-state index in [1.54, 1.807) is 0 Å². The molecule has 0 amide bonds. The number of aromatic nitrogens is 2. The van der Waals surface area contributed by atoms with Gasteiger partial charge in [0.05, 0.1) is 6.61 Å². The van der Waals surface area contributed by atoms with E-state index in [9.17, 15) is 28.8 Å². The zero-order chi connectivity index (χ0) is 23.2. The highest BCUT2D eigenvalue weighted by Crippen LogP contribution is 2.66. The Morgan fingerprint density at radius 1 is 1.19 bits per heavy atom. The first-order valence-electron chi connectivity index (χ1n) is 8.16. The van der Waals surface area contributed by atoms with Gasteiger partial charge in [-0.2, -0.15) is 8.62 Å². The number of aromatic amines is 1. The standard InChI is InChI=1S/C10H18N5O13P3/c11-8-5-9(13-2-12-8)15(3-14-5)10-7(17)6(16)4(26-10)1-25-30(21,22)28-31(23,24)27-29(18,19)20/h2,4,6-7,10,14,16-17H,1,3H2,(H,21,22)(H,23,24)(H2,11,12,13)(H2,18,19,20)/p+1/t4-,6-,7-,10-/m1/s1. The molecule has 6 atom stereocenters. The van der Waals surface area contributed by atoms with Crippen molar-refractivity contribution in [1.29, 1.82) is 0 Å². The van der Waals surface area contributed by atoms with Crippen molar-refractivity contribution in [2.75, 3.05) is 29.2 Å². The second-order valence-corrected chi connectivity index (χ2v) is 10.7. The topological polar surface area (TPSA) is 278 Å². The number of phosphoric ester groups is 1. The predicted octanol–water partition coefficient (Wildman–Crippen LogP) is -2.54. The number of H-pyrrole nitrogens is 1. The maximum atomic E-state index is 11.8. The van der Waals surface area contributed by atoms with Crippen LogP contribution in [0.1, 0.15) is 0 Å². The van der Waals surface area contributed by atoms with E-state index in [0.717, 1.165) is 0 Å². The first-order chi connectivity index (χ1) is 14.2. The molecule has 0 spiro atoms. The molecule has 2 aliphatic rings. The van der Waals surface area contributed by atoms with Crippen LogP contribution in [0.4, 0.5) is 17.3 Å². The summed E-state index contributed by atoms with van der Waals surface area (Å²) in [5.74, 6) is 0.547. The van der Waals surface area contributed by atoms with Crippen LogP contribution >= 0.6 is 23.5 Å². The number of hydrogen-bond donors (Lipinski definition) is 8. The fourth-order valence-corrected chi connectivity index (χ4v) is 5.91. The minimum atomic E-state index is -5.69. The largest absolute Gasteiger partial charge is 0.490 e. The molecule has 2 aliphatic heterocycles. The fourth-order valence-electron chi connectivity index (χ4n) is 2.88. The van der Waals surface area contributed by atoms with Gasteiger partial charge in [0.2, 0.25) is 18.4 Å². The van der Waals surface area contributed by atoms with Gasteiger partial charge in [-0.05, 0) is 0 Å². The van der Waals surface area contributed by atoms with Crippen molar-refractivity contribution < 1.29 is 66.3 Å². The van der Waals surface area contributed by atoms with Gasteiger partial charge in [-0.1, -0.05) is 4.98 Å². The summed E-state index contributed by atoms with van der Waals surface area (Å²) in [4.78, 5) is 43.7. The lowest BCUT2D eigenvalue weighted by Gasteiger charge is -2.22. The van der Waals surface area contributed by atoms with E-state index >= 15 is 0 Å². The zero-order valence-electron chi connectivity index (χ0n) is 15.2. The Morgan fingerprint density at radius 3 is 2.52 bits per heavy atom. The van der Waals surface area contributed by atoms with Gasteiger partial charge >= 0.3 is 23.5 Å². The van der Waals surface area contributed by atoms with Crippen LogP contribution in [0, 0.1) is 0 Å². The number of nitrogen functional groups attached to an aromatic ring is 1. The van der Waals surface area contributed by atoms with E-state index in [4.69, 9.17) is 25.2 Å². The third-order valence-corrected chi connectivity index (χ3v) is 7.88. The van der Waals surface area contributed by atoms with Crippen LogP contribution in [-0.2, 0) is 31.6 Å². The molecule has 1 aromatic rings. The molecule has 1 fully saturated rings. The average molecular weight is 510 g/mol. The molecule has 21 heteroatoms. The maximum absolute atomic E-state index is 11.8. The highest BCUT2D eigenvalue weighted by molar-refractivity contribution is 7.66. The summed E-state index contributed by atoms with van der Waals surface area (Å²) in [6, 6.07) is 0. The highest BCUT2D eigenvalue weighted by Gasteiger charge is 2.51. The van der Waals surface area contributed by atoms with Gasteiger partial charge in [-0.15, -0.1) is 0 Å². The predicted molar refractivity (Wildman–Crippen MR) is 96.7 cm³/mol. The van der Waals surface area contributed by atoms with Crippen molar-refractivity contribution >= 4 is 40.8 Å². The van der Waals surface area contributed by atoms with Gasteiger partial charge in [0.1, 0.15) is 25.0 Å². The van der Waals surface area contributed by atoms with Crippen molar-refractivity contribution in [3.63, 3.8) is 0 Å². The third-order valence-electron chi connectivity index (χ3n) is 4.07. The van der Waals surface area contributed by atoms with Gasteiger partial charge in [0, 0.05) is 0 Å².